The zero-order chi connectivity index (χ0) is 26.1. The number of carboxylic acids is 1. The van der Waals surface area contributed by atoms with Gasteiger partial charge in [-0.25, -0.2) is 14.2 Å². The number of pyridine rings is 1. The van der Waals surface area contributed by atoms with Gasteiger partial charge in [-0.2, -0.15) is 0 Å². The van der Waals surface area contributed by atoms with Gasteiger partial charge in [-0.1, -0.05) is 24.3 Å². The molecule has 11 heteroatoms. The summed E-state index contributed by atoms with van der Waals surface area (Å²) in [5.74, 6) is -1.72. The number of nitrogens with zero attached hydrogens (tertiary/aromatic N) is 3. The van der Waals surface area contributed by atoms with Crippen LogP contribution >= 0.6 is 37.2 Å². The molecule has 0 spiro atoms. The molecule has 40 heavy (non-hydrogen) atoms. The minimum atomic E-state index is -1.08. The Kier molecular flexibility index (Phi) is 11.1. The summed E-state index contributed by atoms with van der Waals surface area (Å²) in [6.45, 7) is 7.26. The van der Waals surface area contributed by atoms with E-state index in [-0.39, 0.29) is 48.3 Å². The maximum absolute atomic E-state index is 14.0. The normalized spacial score (nSPS) is 12.6. The first-order valence-corrected chi connectivity index (χ1v) is 12.1. The number of nitrogens with one attached hydrogen (secondary N) is 1. The van der Waals surface area contributed by atoms with E-state index in [2.05, 4.69) is 47.2 Å². The number of benzene rings is 3. The van der Waals surface area contributed by atoms with Crippen molar-refractivity contribution in [2.45, 2.75) is 13.8 Å². The average molecular weight is 608 g/mol. The summed E-state index contributed by atoms with van der Waals surface area (Å²) in [5, 5.41) is 13.0. The molecule has 4 aromatic rings. The number of amides is 1. The zero-order valence-electron chi connectivity index (χ0n) is 21.9. The van der Waals surface area contributed by atoms with Crippen molar-refractivity contribution in [1.29, 1.82) is 0 Å². The third kappa shape index (κ3) is 6.58. The van der Waals surface area contributed by atoms with E-state index < -0.39 is 17.7 Å². The van der Waals surface area contributed by atoms with Crippen LogP contribution in [0.4, 0.5) is 21.6 Å². The Morgan fingerprint density at radius 1 is 0.850 bits per heavy atom. The van der Waals surface area contributed by atoms with Gasteiger partial charge in [0.1, 0.15) is 11.6 Å². The molecule has 1 aliphatic heterocycles. The summed E-state index contributed by atoms with van der Waals surface area (Å²) >= 11 is 0. The molecular weight excluding hydrogens is 578 g/mol. The Bertz CT molecular complexity index is 1530. The number of fused-ring (bicyclic) bond motifs is 1. The zero-order valence-corrected chi connectivity index (χ0v) is 24.3. The largest absolute Gasteiger partial charge is 0.478 e. The summed E-state index contributed by atoms with van der Waals surface area (Å²) in [6.07, 6.45) is 0. The van der Waals surface area contributed by atoms with E-state index in [0.717, 1.165) is 13.1 Å². The number of anilines is 3. The van der Waals surface area contributed by atoms with E-state index in [0.29, 0.717) is 35.5 Å². The van der Waals surface area contributed by atoms with Crippen LogP contribution in [0, 0.1) is 19.7 Å². The van der Waals surface area contributed by atoms with Gasteiger partial charge in [-0.15, -0.1) is 37.2 Å². The van der Waals surface area contributed by atoms with Gasteiger partial charge in [0.25, 0.3) is 5.91 Å². The summed E-state index contributed by atoms with van der Waals surface area (Å²) in [6, 6.07) is 18.5. The van der Waals surface area contributed by atoms with Crippen molar-refractivity contribution in [3.63, 3.8) is 0 Å². The Labute approximate surface area is 250 Å². The van der Waals surface area contributed by atoms with Crippen LogP contribution in [0.15, 0.2) is 66.7 Å². The smallest absolute Gasteiger partial charge is 0.336 e. The number of hydrogen-bond donors (Lipinski definition) is 2. The fourth-order valence-corrected chi connectivity index (χ4v) is 4.73. The fraction of sp³-hybridized carbons (Fsp3) is 0.207. The highest BCUT2D eigenvalue weighted by atomic mass is 35.5. The second-order valence-corrected chi connectivity index (χ2v) is 9.19. The topological polar surface area (TPSA) is 85.8 Å². The Morgan fingerprint density at radius 2 is 1.52 bits per heavy atom. The van der Waals surface area contributed by atoms with E-state index in [1.807, 2.05) is 0 Å². The molecule has 1 fully saturated rings. The summed E-state index contributed by atoms with van der Waals surface area (Å²) < 4.78 is 14.0. The van der Waals surface area contributed by atoms with Crippen LogP contribution in [0.3, 0.4) is 0 Å². The molecule has 1 amide bonds. The Hall–Kier alpha value is -3.59. The first-order valence-electron chi connectivity index (χ1n) is 12.1. The minimum absolute atomic E-state index is 0. The van der Waals surface area contributed by atoms with Gasteiger partial charge in [0, 0.05) is 42.9 Å². The van der Waals surface area contributed by atoms with Crippen molar-refractivity contribution in [2.75, 3.05) is 41.3 Å². The van der Waals surface area contributed by atoms with Crippen LogP contribution < -0.4 is 15.1 Å². The van der Waals surface area contributed by atoms with Crippen LogP contribution in [-0.4, -0.2) is 48.1 Å². The summed E-state index contributed by atoms with van der Waals surface area (Å²) in [7, 11) is 0. The highest BCUT2D eigenvalue weighted by Crippen LogP contribution is 2.29. The summed E-state index contributed by atoms with van der Waals surface area (Å²) in [4.78, 5) is 33.9. The van der Waals surface area contributed by atoms with Crippen molar-refractivity contribution in [2.24, 2.45) is 0 Å². The van der Waals surface area contributed by atoms with Crippen molar-refractivity contribution in [1.82, 2.24) is 4.98 Å². The van der Waals surface area contributed by atoms with Gasteiger partial charge in [0.05, 0.1) is 16.6 Å². The number of aromatic carboxylic acids is 1. The fourth-order valence-electron chi connectivity index (χ4n) is 4.73. The maximum Gasteiger partial charge on any atom is 0.336 e. The average Bonchev–Trinajstić information content (AvgIpc) is 2.90. The third-order valence-electron chi connectivity index (χ3n) is 6.92. The third-order valence-corrected chi connectivity index (χ3v) is 6.92. The predicted molar refractivity (Wildman–Crippen MR) is 165 cm³/mol. The maximum atomic E-state index is 14.0. The minimum Gasteiger partial charge on any atom is -0.478 e. The molecule has 0 atom stereocenters. The second kappa shape index (κ2) is 13.7. The lowest BCUT2D eigenvalue weighted by molar-refractivity contribution is 0.0698. The number of rotatable bonds is 5. The number of aromatic nitrogens is 1. The molecule has 1 saturated heterocycles. The lowest BCUT2D eigenvalue weighted by Crippen LogP contribution is -2.47. The van der Waals surface area contributed by atoms with Gasteiger partial charge in [0.2, 0.25) is 0 Å². The first kappa shape index (κ1) is 32.6. The quantitative estimate of drug-likeness (QED) is 0.268. The van der Waals surface area contributed by atoms with Gasteiger partial charge in [0.15, 0.2) is 0 Å². The van der Waals surface area contributed by atoms with Crippen LogP contribution in [0.25, 0.3) is 10.9 Å². The molecule has 212 valence electrons. The van der Waals surface area contributed by atoms with Crippen LogP contribution in [0.1, 0.15) is 31.8 Å². The van der Waals surface area contributed by atoms with E-state index in [1.54, 1.807) is 30.3 Å². The van der Waals surface area contributed by atoms with Crippen LogP contribution in [0.5, 0.6) is 0 Å². The van der Waals surface area contributed by atoms with E-state index in [1.165, 1.54) is 35.0 Å². The van der Waals surface area contributed by atoms with Crippen molar-refractivity contribution < 1.29 is 19.1 Å². The highest BCUT2D eigenvalue weighted by Gasteiger charge is 2.22. The van der Waals surface area contributed by atoms with Crippen LogP contribution in [0.2, 0.25) is 0 Å². The molecule has 0 aliphatic carbocycles. The van der Waals surface area contributed by atoms with E-state index >= 15 is 0 Å². The van der Waals surface area contributed by atoms with Gasteiger partial charge >= 0.3 is 5.97 Å². The Morgan fingerprint density at radius 3 is 2.20 bits per heavy atom. The number of carbonyl (C=O) groups is 2. The molecule has 2 heterocycles. The van der Waals surface area contributed by atoms with Crippen molar-refractivity contribution in [3.05, 3.63) is 94.8 Å². The highest BCUT2D eigenvalue weighted by molar-refractivity contribution is 6.08. The second-order valence-electron chi connectivity index (χ2n) is 9.19. The number of hydrogen-bond acceptors (Lipinski definition) is 5. The molecule has 7 nitrogen and oxygen atoms in total. The molecule has 0 saturated carbocycles. The molecule has 0 unspecified atom stereocenters. The number of piperazine rings is 1. The monoisotopic (exact) mass is 606 g/mol. The first-order chi connectivity index (χ1) is 17.8. The predicted octanol–water partition coefficient (Wildman–Crippen LogP) is 6.53. The van der Waals surface area contributed by atoms with E-state index in [9.17, 15) is 19.1 Å². The standard InChI is InChI=1S/C29H27FN4O3.3ClH/c1-18-6-5-9-26(19(18)2)33-12-14-34(15-13-33)27-17-23(29(36)37)22-16-20(10-11-25(22)32-27)31-28(35)21-7-3-4-8-24(21)30;;;/h3-11,16-17H,12-15H2,1-2H3,(H,31,35)(H,36,37);3*1H. The SMILES string of the molecule is Cc1cccc(N2CCN(c3cc(C(=O)O)c4cc(NC(=O)c5ccccc5F)ccc4n3)CC2)c1C.Cl.Cl.Cl. The van der Waals surface area contributed by atoms with E-state index in [4.69, 9.17) is 4.98 Å². The lowest BCUT2D eigenvalue weighted by atomic mass is 10.1. The Balaban J connectivity index is 0.00000187. The number of carboxylic acid groups (broad SMARTS) is 1. The van der Waals surface area contributed by atoms with Gasteiger partial charge in [-0.05, 0) is 67.4 Å². The molecule has 1 aromatic heterocycles. The lowest BCUT2D eigenvalue weighted by Gasteiger charge is -2.37. The molecule has 1 aliphatic rings. The number of aryl methyl sites for hydroxylation is 1. The van der Waals surface area contributed by atoms with Crippen molar-refractivity contribution in [3.8, 4) is 0 Å². The molecular formula is C29H30Cl3FN4O3. The molecule has 2 N–H and O–H groups in total. The number of carbonyl (C=O) groups excluding carboxylic acids is 1. The molecule has 0 radical (unpaired) electrons. The number of halogens is 4. The molecule has 5 rings (SSSR count). The molecule has 0 bridgehead atoms. The van der Waals surface area contributed by atoms with Crippen LogP contribution in [-0.2, 0) is 0 Å². The summed E-state index contributed by atoms with van der Waals surface area (Å²) in [5.41, 5.74) is 4.63. The van der Waals surface area contributed by atoms with Gasteiger partial charge < -0.3 is 20.2 Å². The molecule has 3 aromatic carbocycles. The van der Waals surface area contributed by atoms with Gasteiger partial charge in [-0.3, -0.25) is 4.79 Å². The van der Waals surface area contributed by atoms with Crippen molar-refractivity contribution >= 4 is 77.2 Å².